The molecule has 2 bridgehead atoms. The number of Topliss-reactive ketones (excluding diaryl/α,β-unsaturated/α-hetero) is 2. The highest BCUT2D eigenvalue weighted by Gasteiger charge is 2.78. The second-order valence-electron chi connectivity index (χ2n) is 6.21. The Hall–Kier alpha value is -1.40. The van der Waals surface area contributed by atoms with Crippen LogP contribution >= 0.6 is 0 Å². The van der Waals surface area contributed by atoms with Crippen molar-refractivity contribution in [2.24, 2.45) is 16.2 Å². The molecule has 20 heavy (non-hydrogen) atoms. The molecule has 0 saturated heterocycles. The molecule has 2 fully saturated rings. The first-order valence-corrected chi connectivity index (χ1v) is 6.23. The Morgan fingerprint density at radius 1 is 1.15 bits per heavy atom. The highest BCUT2D eigenvalue weighted by atomic mass is 19.4. The number of hydrogen-bond donors (Lipinski definition) is 0. The summed E-state index contributed by atoms with van der Waals surface area (Å²) in [5.74, 6) is -2.83. The summed E-state index contributed by atoms with van der Waals surface area (Å²) in [6, 6.07) is 0. The zero-order valence-corrected chi connectivity index (χ0v) is 11.4. The molecule has 2 unspecified atom stereocenters. The molecule has 4 nitrogen and oxygen atoms in total. The van der Waals surface area contributed by atoms with Gasteiger partial charge in [0.05, 0.1) is 0 Å². The Balaban J connectivity index is 2.37. The van der Waals surface area contributed by atoms with Crippen LogP contribution in [-0.4, -0.2) is 30.3 Å². The normalized spacial score (nSPS) is 35.5. The summed E-state index contributed by atoms with van der Waals surface area (Å²) in [6.45, 7) is 2.97. The van der Waals surface area contributed by atoms with E-state index in [9.17, 15) is 27.6 Å². The maximum Gasteiger partial charge on any atom is 0.422 e. The van der Waals surface area contributed by atoms with Crippen molar-refractivity contribution in [3.05, 3.63) is 0 Å². The molecule has 2 atom stereocenters. The minimum atomic E-state index is -4.66. The summed E-state index contributed by atoms with van der Waals surface area (Å²) in [4.78, 5) is 36.3. The molecule has 2 rings (SSSR count). The molecule has 0 aliphatic heterocycles. The Morgan fingerprint density at radius 3 is 2.10 bits per heavy atom. The molecule has 2 aliphatic rings. The minimum absolute atomic E-state index is 0.0533. The third-order valence-electron chi connectivity index (χ3n) is 5.26. The molecular weight excluding hydrogens is 277 g/mol. The highest BCUT2D eigenvalue weighted by Crippen LogP contribution is 2.69. The molecule has 2 aliphatic carbocycles. The van der Waals surface area contributed by atoms with Crippen LogP contribution in [0.1, 0.15) is 33.6 Å². The fourth-order valence-corrected chi connectivity index (χ4v) is 3.49. The van der Waals surface area contributed by atoms with Crippen molar-refractivity contribution in [1.82, 2.24) is 0 Å². The average molecular weight is 292 g/mol. The number of esters is 1. The number of halogens is 3. The van der Waals surface area contributed by atoms with Gasteiger partial charge in [-0.1, -0.05) is 20.8 Å². The molecule has 0 heterocycles. The summed E-state index contributed by atoms with van der Waals surface area (Å²) >= 11 is 0. The van der Waals surface area contributed by atoms with Crippen LogP contribution in [0.5, 0.6) is 0 Å². The number of carbonyl (C=O) groups excluding carboxylic acids is 3. The lowest BCUT2D eigenvalue weighted by Gasteiger charge is -2.36. The van der Waals surface area contributed by atoms with Crippen LogP contribution in [0.4, 0.5) is 13.2 Å². The van der Waals surface area contributed by atoms with Gasteiger partial charge in [0, 0.05) is 10.8 Å². The quantitative estimate of drug-likeness (QED) is 0.444. The van der Waals surface area contributed by atoms with Gasteiger partial charge < -0.3 is 4.74 Å². The standard InChI is InChI=1S/C13H15F3O4/c1-10(2)11(3)4-5-12(10,8(18)7(11)17)9(19)20-6-13(14,15)16/h4-6H2,1-3H3. The van der Waals surface area contributed by atoms with Gasteiger partial charge >= 0.3 is 12.1 Å². The van der Waals surface area contributed by atoms with E-state index in [2.05, 4.69) is 4.74 Å². The van der Waals surface area contributed by atoms with Gasteiger partial charge in [0.2, 0.25) is 11.6 Å². The molecule has 0 aromatic rings. The van der Waals surface area contributed by atoms with Crippen LogP contribution in [0.25, 0.3) is 0 Å². The van der Waals surface area contributed by atoms with Gasteiger partial charge in [-0.15, -0.1) is 0 Å². The zero-order chi connectivity index (χ0) is 15.6. The number of carbonyl (C=O) groups is 3. The van der Waals surface area contributed by atoms with Crippen molar-refractivity contribution in [2.75, 3.05) is 6.61 Å². The number of hydrogen-bond acceptors (Lipinski definition) is 4. The van der Waals surface area contributed by atoms with Crippen LogP contribution < -0.4 is 0 Å². The van der Waals surface area contributed by atoms with E-state index in [4.69, 9.17) is 0 Å². The smallest absolute Gasteiger partial charge is 0.422 e. The van der Waals surface area contributed by atoms with E-state index in [1.165, 1.54) is 0 Å². The lowest BCUT2D eigenvalue weighted by Crippen LogP contribution is -2.46. The van der Waals surface area contributed by atoms with Crippen molar-refractivity contribution in [3.8, 4) is 0 Å². The molecule has 0 amide bonds. The van der Waals surface area contributed by atoms with Gasteiger partial charge in [0.15, 0.2) is 6.61 Å². The number of ketones is 2. The van der Waals surface area contributed by atoms with Gasteiger partial charge in [-0.05, 0) is 12.8 Å². The molecular formula is C13H15F3O4. The molecule has 0 N–H and O–H groups in total. The van der Waals surface area contributed by atoms with E-state index in [0.717, 1.165) is 0 Å². The van der Waals surface area contributed by atoms with E-state index in [1.54, 1.807) is 20.8 Å². The number of ether oxygens (including phenoxy) is 1. The lowest BCUT2D eigenvalue weighted by molar-refractivity contribution is -0.197. The SMILES string of the molecule is CC12CCC(C(=O)OCC(F)(F)F)(C(=O)C1=O)C2(C)C. The average Bonchev–Trinajstić information content (AvgIpc) is 2.58. The van der Waals surface area contributed by atoms with Crippen molar-refractivity contribution >= 4 is 17.5 Å². The Bertz CT molecular complexity index is 508. The van der Waals surface area contributed by atoms with Gasteiger partial charge in [0.1, 0.15) is 5.41 Å². The first-order chi connectivity index (χ1) is 8.90. The van der Waals surface area contributed by atoms with E-state index < -0.39 is 46.6 Å². The van der Waals surface area contributed by atoms with Crippen LogP contribution in [0.15, 0.2) is 0 Å². The van der Waals surface area contributed by atoms with Crippen LogP contribution in [0.2, 0.25) is 0 Å². The number of fused-ring (bicyclic) bond motifs is 2. The fraction of sp³-hybridized carbons (Fsp3) is 0.769. The lowest BCUT2D eigenvalue weighted by atomic mass is 9.65. The second kappa shape index (κ2) is 3.83. The van der Waals surface area contributed by atoms with Crippen molar-refractivity contribution in [3.63, 3.8) is 0 Å². The second-order valence-corrected chi connectivity index (χ2v) is 6.21. The van der Waals surface area contributed by atoms with E-state index in [1.807, 2.05) is 0 Å². The van der Waals surface area contributed by atoms with Gasteiger partial charge in [-0.2, -0.15) is 13.2 Å². The first-order valence-electron chi connectivity index (χ1n) is 6.23. The largest absolute Gasteiger partial charge is 0.455 e. The molecule has 7 heteroatoms. The van der Waals surface area contributed by atoms with E-state index >= 15 is 0 Å². The van der Waals surface area contributed by atoms with Gasteiger partial charge in [-0.25, -0.2) is 0 Å². The number of alkyl halides is 3. The van der Waals surface area contributed by atoms with Crippen molar-refractivity contribution in [1.29, 1.82) is 0 Å². The van der Waals surface area contributed by atoms with Gasteiger partial charge in [0.25, 0.3) is 0 Å². The predicted octanol–water partition coefficient (Wildman–Crippen LogP) is 2.06. The van der Waals surface area contributed by atoms with Crippen LogP contribution in [0, 0.1) is 16.2 Å². The fourth-order valence-electron chi connectivity index (χ4n) is 3.49. The first kappa shape index (κ1) is 15.0. The number of rotatable bonds is 2. The molecule has 0 aromatic carbocycles. The topological polar surface area (TPSA) is 60.4 Å². The summed E-state index contributed by atoms with van der Waals surface area (Å²) in [5, 5.41) is 0. The third kappa shape index (κ3) is 1.52. The van der Waals surface area contributed by atoms with E-state index in [0.29, 0.717) is 6.42 Å². The maximum absolute atomic E-state index is 12.2. The third-order valence-corrected chi connectivity index (χ3v) is 5.26. The molecule has 112 valence electrons. The molecule has 2 saturated carbocycles. The molecule has 0 aromatic heterocycles. The minimum Gasteiger partial charge on any atom is -0.455 e. The van der Waals surface area contributed by atoms with Crippen LogP contribution in [-0.2, 0) is 19.1 Å². The maximum atomic E-state index is 12.2. The Labute approximate surface area is 113 Å². The van der Waals surface area contributed by atoms with Crippen molar-refractivity contribution < 1.29 is 32.3 Å². The van der Waals surface area contributed by atoms with E-state index in [-0.39, 0.29) is 6.42 Å². The van der Waals surface area contributed by atoms with Gasteiger partial charge in [-0.3, -0.25) is 14.4 Å². The Morgan fingerprint density at radius 2 is 1.70 bits per heavy atom. The Kier molecular flexibility index (Phi) is 2.87. The van der Waals surface area contributed by atoms with Crippen LogP contribution in [0.3, 0.4) is 0 Å². The zero-order valence-electron chi connectivity index (χ0n) is 11.4. The predicted molar refractivity (Wildman–Crippen MR) is 60.6 cm³/mol. The van der Waals surface area contributed by atoms with Crippen molar-refractivity contribution in [2.45, 2.75) is 39.8 Å². The highest BCUT2D eigenvalue weighted by molar-refractivity contribution is 6.48. The summed E-state index contributed by atoms with van der Waals surface area (Å²) < 4.78 is 40.7. The molecule has 0 radical (unpaired) electrons. The monoisotopic (exact) mass is 292 g/mol. The molecule has 0 spiro atoms. The summed E-state index contributed by atoms with van der Waals surface area (Å²) in [7, 11) is 0. The summed E-state index contributed by atoms with van der Waals surface area (Å²) in [5.41, 5.74) is -3.83. The summed E-state index contributed by atoms with van der Waals surface area (Å²) in [6.07, 6.45) is -4.31.